The van der Waals surface area contributed by atoms with E-state index in [1.807, 2.05) is 0 Å². The number of fused-ring (bicyclic) bond motifs is 1. The third kappa shape index (κ3) is 3.22. The Kier molecular flexibility index (Phi) is 4.64. The fourth-order valence-electron chi connectivity index (χ4n) is 4.55. The lowest BCUT2D eigenvalue weighted by Gasteiger charge is -2.32. The Bertz CT molecular complexity index is 732. The Balaban J connectivity index is 1.50. The molecular formula is C21H30BNO4. The molecule has 146 valence electrons. The normalized spacial score (nSPS) is 29.1. The van der Waals surface area contributed by atoms with Gasteiger partial charge in [-0.2, -0.15) is 0 Å². The van der Waals surface area contributed by atoms with Gasteiger partial charge in [0, 0.05) is 12.6 Å². The smallest absolute Gasteiger partial charge is 0.469 e. The first-order valence-corrected chi connectivity index (χ1v) is 10.0. The highest BCUT2D eigenvalue weighted by atomic mass is 16.7. The molecule has 2 heterocycles. The Labute approximate surface area is 162 Å². The van der Waals surface area contributed by atoms with E-state index in [1.54, 1.807) is 0 Å². The molecule has 6 heteroatoms. The van der Waals surface area contributed by atoms with Gasteiger partial charge in [0.1, 0.15) is 0 Å². The Morgan fingerprint density at radius 1 is 1.19 bits per heavy atom. The van der Waals surface area contributed by atoms with Crippen LogP contribution in [0.2, 0.25) is 0 Å². The van der Waals surface area contributed by atoms with Crippen LogP contribution < -0.4 is 5.46 Å². The lowest BCUT2D eigenvalue weighted by molar-refractivity contribution is -0.145. The van der Waals surface area contributed by atoms with Crippen LogP contribution >= 0.6 is 0 Å². The van der Waals surface area contributed by atoms with Crippen LogP contribution in [0.4, 0.5) is 0 Å². The van der Waals surface area contributed by atoms with Gasteiger partial charge in [-0.05, 0) is 70.1 Å². The summed E-state index contributed by atoms with van der Waals surface area (Å²) in [4.78, 5) is 14.3. The summed E-state index contributed by atoms with van der Waals surface area (Å²) >= 11 is 0. The van der Waals surface area contributed by atoms with Crippen molar-refractivity contribution in [2.75, 3.05) is 20.2 Å². The van der Waals surface area contributed by atoms with Crippen LogP contribution in [0.25, 0.3) is 0 Å². The minimum atomic E-state index is -0.322. The van der Waals surface area contributed by atoms with Crippen LogP contribution in [0, 0.1) is 5.92 Å². The Hall–Kier alpha value is -1.37. The largest absolute Gasteiger partial charge is 0.494 e. The van der Waals surface area contributed by atoms with Gasteiger partial charge in [-0.1, -0.05) is 18.2 Å². The molecule has 2 atom stereocenters. The maximum absolute atomic E-state index is 11.8. The quantitative estimate of drug-likeness (QED) is 0.604. The van der Waals surface area contributed by atoms with Gasteiger partial charge < -0.3 is 14.0 Å². The second kappa shape index (κ2) is 6.61. The summed E-state index contributed by atoms with van der Waals surface area (Å²) in [5.41, 5.74) is 3.23. The van der Waals surface area contributed by atoms with Crippen LogP contribution in [0.5, 0.6) is 0 Å². The molecule has 5 nitrogen and oxygen atoms in total. The first kappa shape index (κ1) is 19.0. The number of hydrogen-bond acceptors (Lipinski definition) is 5. The number of likely N-dealkylation sites (tertiary alicyclic amines) is 1. The second-order valence-corrected chi connectivity index (χ2v) is 9.10. The summed E-state index contributed by atoms with van der Waals surface area (Å²) in [6, 6.07) is 7.04. The molecule has 2 aliphatic heterocycles. The van der Waals surface area contributed by atoms with Gasteiger partial charge in [0.05, 0.1) is 24.2 Å². The van der Waals surface area contributed by atoms with Crippen molar-refractivity contribution in [1.82, 2.24) is 4.90 Å². The topological polar surface area (TPSA) is 48.0 Å². The lowest BCUT2D eigenvalue weighted by atomic mass is 9.78. The molecule has 0 spiro atoms. The minimum Gasteiger partial charge on any atom is -0.469 e. The average Bonchev–Trinajstić information content (AvgIpc) is 3.30. The van der Waals surface area contributed by atoms with E-state index in [0.717, 1.165) is 37.8 Å². The fraction of sp³-hybridized carbons (Fsp3) is 0.667. The molecule has 27 heavy (non-hydrogen) atoms. The number of benzene rings is 1. The van der Waals surface area contributed by atoms with E-state index in [2.05, 4.69) is 50.8 Å². The van der Waals surface area contributed by atoms with Crippen molar-refractivity contribution >= 4 is 18.6 Å². The number of methoxy groups -OCH3 is 1. The number of ether oxygens (including phenoxy) is 1. The van der Waals surface area contributed by atoms with Crippen molar-refractivity contribution in [2.24, 2.45) is 5.92 Å². The zero-order valence-corrected chi connectivity index (χ0v) is 17.1. The van der Waals surface area contributed by atoms with E-state index in [9.17, 15) is 4.79 Å². The van der Waals surface area contributed by atoms with Crippen LogP contribution in [-0.4, -0.2) is 49.4 Å². The lowest BCUT2D eigenvalue weighted by Crippen LogP contribution is -2.41. The van der Waals surface area contributed by atoms with E-state index in [1.165, 1.54) is 18.2 Å². The van der Waals surface area contributed by atoms with Crippen molar-refractivity contribution < 1.29 is 18.8 Å². The van der Waals surface area contributed by atoms with Crippen molar-refractivity contribution in [3.05, 3.63) is 29.3 Å². The van der Waals surface area contributed by atoms with Gasteiger partial charge in [0.15, 0.2) is 0 Å². The van der Waals surface area contributed by atoms with Crippen LogP contribution in [0.15, 0.2) is 18.2 Å². The number of hydrogen-bond donors (Lipinski definition) is 0. The van der Waals surface area contributed by atoms with Gasteiger partial charge in [-0.15, -0.1) is 0 Å². The fourth-order valence-corrected chi connectivity index (χ4v) is 4.55. The van der Waals surface area contributed by atoms with Gasteiger partial charge in [0.2, 0.25) is 0 Å². The van der Waals surface area contributed by atoms with E-state index in [4.69, 9.17) is 14.0 Å². The molecular weight excluding hydrogens is 341 g/mol. The van der Waals surface area contributed by atoms with Gasteiger partial charge >= 0.3 is 13.1 Å². The predicted octanol–water partition coefficient (Wildman–Crippen LogP) is 2.47. The van der Waals surface area contributed by atoms with E-state index in [0.29, 0.717) is 6.04 Å². The Morgan fingerprint density at radius 3 is 2.56 bits per heavy atom. The summed E-state index contributed by atoms with van der Waals surface area (Å²) in [7, 11) is 1.17. The first-order valence-electron chi connectivity index (χ1n) is 10.0. The highest BCUT2D eigenvalue weighted by Gasteiger charge is 2.52. The second-order valence-electron chi connectivity index (χ2n) is 9.10. The standard InChI is InChI=1S/C21H30BNO4/c1-20(2)21(3,4)27-22(26-20)16-7-8-17-14(12-16)6-9-18(17)23-11-10-15(13-23)19(24)25-5/h7-8,12,15,18H,6,9-11,13H2,1-5H3/t15-,18?/m0/s1. The number of esters is 1. The molecule has 0 amide bonds. The van der Waals surface area contributed by atoms with Gasteiger partial charge in [-0.25, -0.2) is 0 Å². The monoisotopic (exact) mass is 371 g/mol. The molecule has 0 bridgehead atoms. The van der Waals surface area contributed by atoms with E-state index < -0.39 is 0 Å². The summed E-state index contributed by atoms with van der Waals surface area (Å²) in [6.07, 6.45) is 3.06. The molecule has 1 aromatic carbocycles. The highest BCUT2D eigenvalue weighted by molar-refractivity contribution is 6.62. The van der Waals surface area contributed by atoms with E-state index >= 15 is 0 Å². The third-order valence-electron chi connectivity index (χ3n) is 6.93. The number of rotatable bonds is 3. The number of nitrogens with zero attached hydrogens (tertiary/aromatic N) is 1. The molecule has 4 rings (SSSR count). The van der Waals surface area contributed by atoms with Crippen LogP contribution in [-0.2, 0) is 25.3 Å². The molecule has 1 unspecified atom stereocenters. The van der Waals surface area contributed by atoms with Gasteiger partial charge in [-0.3, -0.25) is 9.69 Å². The van der Waals surface area contributed by atoms with Crippen LogP contribution in [0.3, 0.4) is 0 Å². The molecule has 0 radical (unpaired) electrons. The van der Waals surface area contributed by atoms with Crippen molar-refractivity contribution in [2.45, 2.75) is 64.2 Å². The number of carbonyl (C=O) groups excluding carboxylic acids is 1. The number of carbonyl (C=O) groups is 1. The van der Waals surface area contributed by atoms with E-state index in [-0.39, 0.29) is 30.2 Å². The molecule has 3 aliphatic rings. The van der Waals surface area contributed by atoms with Crippen molar-refractivity contribution in [3.63, 3.8) is 0 Å². The van der Waals surface area contributed by atoms with Crippen LogP contribution in [0.1, 0.15) is 57.7 Å². The zero-order valence-electron chi connectivity index (χ0n) is 17.1. The molecule has 1 aliphatic carbocycles. The maximum atomic E-state index is 11.8. The van der Waals surface area contributed by atoms with Crippen molar-refractivity contribution in [1.29, 1.82) is 0 Å². The highest BCUT2D eigenvalue weighted by Crippen LogP contribution is 2.40. The van der Waals surface area contributed by atoms with Crippen molar-refractivity contribution in [3.8, 4) is 0 Å². The first-order chi connectivity index (χ1) is 12.7. The molecule has 2 saturated heterocycles. The third-order valence-corrected chi connectivity index (χ3v) is 6.93. The summed E-state index contributed by atoms with van der Waals surface area (Å²) in [5.74, 6) is -0.0603. The maximum Gasteiger partial charge on any atom is 0.494 e. The summed E-state index contributed by atoms with van der Waals surface area (Å²) < 4.78 is 17.3. The summed E-state index contributed by atoms with van der Waals surface area (Å²) in [6.45, 7) is 10.1. The molecule has 0 saturated carbocycles. The Morgan fingerprint density at radius 2 is 1.89 bits per heavy atom. The SMILES string of the molecule is COC(=O)[C@H]1CCN(C2CCc3cc(B4OC(C)(C)C(C)(C)O4)ccc32)C1. The minimum absolute atomic E-state index is 0.0167. The average molecular weight is 371 g/mol. The molecule has 1 aromatic rings. The zero-order chi connectivity index (χ0) is 19.4. The molecule has 2 fully saturated rings. The molecule has 0 aromatic heterocycles. The van der Waals surface area contributed by atoms with Gasteiger partial charge in [0.25, 0.3) is 0 Å². The summed E-state index contributed by atoms with van der Waals surface area (Å²) in [5, 5.41) is 0. The number of aryl methyl sites for hydroxylation is 1. The predicted molar refractivity (Wildman–Crippen MR) is 105 cm³/mol. The molecule has 0 N–H and O–H groups in total.